The highest BCUT2D eigenvalue weighted by Crippen LogP contribution is 2.13. The summed E-state index contributed by atoms with van der Waals surface area (Å²) in [5.41, 5.74) is 2.62. The smallest absolute Gasteiger partial charge is 0.171 e. The van der Waals surface area contributed by atoms with Crippen molar-refractivity contribution in [3.05, 3.63) is 64.7 Å². The lowest BCUT2D eigenvalue weighted by molar-refractivity contribution is 0.0988. The number of aryl methyl sites for hydroxylation is 2. The fourth-order valence-corrected chi connectivity index (χ4v) is 1.71. The van der Waals surface area contributed by atoms with Crippen molar-refractivity contribution in [2.75, 3.05) is 0 Å². The van der Waals surface area contributed by atoms with Crippen molar-refractivity contribution in [1.29, 1.82) is 0 Å². The van der Waals surface area contributed by atoms with Crippen LogP contribution in [0.25, 0.3) is 0 Å². The van der Waals surface area contributed by atoms with Crippen LogP contribution in [0.2, 0.25) is 0 Å². The molecule has 1 heterocycles. The van der Waals surface area contributed by atoms with E-state index in [0.29, 0.717) is 5.69 Å². The number of benzene rings is 1. The Morgan fingerprint density at radius 1 is 1.17 bits per heavy atom. The molecule has 0 saturated heterocycles. The van der Waals surface area contributed by atoms with Gasteiger partial charge >= 0.3 is 0 Å². The van der Waals surface area contributed by atoms with Gasteiger partial charge in [0.2, 0.25) is 0 Å². The Hall–Kier alpha value is -2.03. The maximum Gasteiger partial charge on any atom is 0.171 e. The normalized spacial score (nSPS) is 10.4. The van der Waals surface area contributed by atoms with E-state index in [0.717, 1.165) is 11.1 Å². The standard InChI is InChI=1S/C15H14FNO/c1-10-4-6-13(14(16)7-10)15(18)8-12-5-3-11(2)9-17-12/h3-7,9H,8H2,1-2H3. The minimum absolute atomic E-state index is 0.125. The number of nitrogens with zero attached hydrogens (tertiary/aromatic N) is 1. The summed E-state index contributed by atoms with van der Waals surface area (Å²) in [7, 11) is 0. The van der Waals surface area contributed by atoms with Crippen molar-refractivity contribution in [2.45, 2.75) is 20.3 Å². The lowest BCUT2D eigenvalue weighted by Gasteiger charge is -2.03. The Bertz CT molecular complexity index is 576. The van der Waals surface area contributed by atoms with Gasteiger partial charge in [0.15, 0.2) is 5.78 Å². The molecule has 2 aromatic rings. The van der Waals surface area contributed by atoms with Crippen molar-refractivity contribution in [2.24, 2.45) is 0 Å². The number of ketones is 1. The average Bonchev–Trinajstić information content (AvgIpc) is 2.32. The highest BCUT2D eigenvalue weighted by molar-refractivity contribution is 5.97. The van der Waals surface area contributed by atoms with Gasteiger partial charge in [0, 0.05) is 11.9 Å². The highest BCUT2D eigenvalue weighted by atomic mass is 19.1. The second kappa shape index (κ2) is 5.08. The molecule has 1 aromatic carbocycles. The molecule has 0 aliphatic carbocycles. The predicted octanol–water partition coefficient (Wildman–Crippen LogP) is 3.26. The van der Waals surface area contributed by atoms with Crippen molar-refractivity contribution >= 4 is 5.78 Å². The lowest BCUT2D eigenvalue weighted by atomic mass is 10.0. The Labute approximate surface area is 105 Å². The quantitative estimate of drug-likeness (QED) is 0.774. The molecule has 0 radical (unpaired) electrons. The first-order chi connectivity index (χ1) is 8.56. The molecule has 0 spiro atoms. The molecule has 0 amide bonds. The van der Waals surface area contributed by atoms with Gasteiger partial charge in [-0.2, -0.15) is 0 Å². The van der Waals surface area contributed by atoms with E-state index < -0.39 is 5.82 Å². The number of pyridine rings is 1. The number of Topliss-reactive ketones (excluding diaryl/α,β-unsaturated/α-hetero) is 1. The number of carbonyl (C=O) groups excluding carboxylic acids is 1. The first kappa shape index (κ1) is 12.4. The third-order valence-corrected chi connectivity index (χ3v) is 2.74. The van der Waals surface area contributed by atoms with Crippen LogP contribution in [0.4, 0.5) is 4.39 Å². The number of rotatable bonds is 3. The fraction of sp³-hybridized carbons (Fsp3) is 0.200. The number of hydrogen-bond donors (Lipinski definition) is 0. The van der Waals surface area contributed by atoms with E-state index >= 15 is 0 Å². The molecule has 0 aliphatic rings. The minimum Gasteiger partial charge on any atom is -0.294 e. The summed E-state index contributed by atoms with van der Waals surface area (Å²) < 4.78 is 13.6. The molecule has 18 heavy (non-hydrogen) atoms. The zero-order valence-electron chi connectivity index (χ0n) is 10.4. The molecule has 3 heteroatoms. The SMILES string of the molecule is Cc1ccc(CC(=O)c2ccc(C)cc2F)nc1. The van der Waals surface area contributed by atoms with Gasteiger partial charge in [0.1, 0.15) is 5.82 Å². The highest BCUT2D eigenvalue weighted by Gasteiger charge is 2.12. The van der Waals surface area contributed by atoms with E-state index in [2.05, 4.69) is 4.98 Å². The van der Waals surface area contributed by atoms with Crippen LogP contribution in [0.1, 0.15) is 27.2 Å². The number of halogens is 1. The lowest BCUT2D eigenvalue weighted by Crippen LogP contribution is -2.07. The van der Waals surface area contributed by atoms with Crippen molar-refractivity contribution in [3.8, 4) is 0 Å². The molecule has 0 unspecified atom stereocenters. The number of aromatic nitrogens is 1. The molecule has 0 N–H and O–H groups in total. The Morgan fingerprint density at radius 2 is 1.89 bits per heavy atom. The van der Waals surface area contributed by atoms with Gasteiger partial charge in [-0.1, -0.05) is 12.1 Å². The third kappa shape index (κ3) is 2.80. The van der Waals surface area contributed by atoms with E-state index in [1.807, 2.05) is 13.0 Å². The summed E-state index contributed by atoms with van der Waals surface area (Å²) in [6.45, 7) is 3.72. The van der Waals surface area contributed by atoms with Crippen molar-refractivity contribution in [1.82, 2.24) is 4.98 Å². The summed E-state index contributed by atoms with van der Waals surface area (Å²) in [6, 6.07) is 8.32. The zero-order valence-corrected chi connectivity index (χ0v) is 10.4. The molecule has 0 saturated carbocycles. The zero-order chi connectivity index (χ0) is 13.1. The van der Waals surface area contributed by atoms with Gasteiger partial charge in [-0.05, 0) is 43.2 Å². The molecular formula is C15H14FNO. The van der Waals surface area contributed by atoms with Gasteiger partial charge < -0.3 is 0 Å². The van der Waals surface area contributed by atoms with Crippen LogP contribution < -0.4 is 0 Å². The summed E-state index contributed by atoms with van der Waals surface area (Å²) in [5.74, 6) is -0.712. The fourth-order valence-electron chi connectivity index (χ4n) is 1.71. The molecule has 0 bridgehead atoms. The largest absolute Gasteiger partial charge is 0.294 e. The average molecular weight is 243 g/mol. The Morgan fingerprint density at radius 3 is 2.50 bits per heavy atom. The van der Waals surface area contributed by atoms with Gasteiger partial charge in [-0.25, -0.2) is 4.39 Å². The van der Waals surface area contributed by atoms with Crippen LogP contribution in [-0.4, -0.2) is 10.8 Å². The van der Waals surface area contributed by atoms with Crippen molar-refractivity contribution < 1.29 is 9.18 Å². The monoisotopic (exact) mass is 243 g/mol. The third-order valence-electron chi connectivity index (χ3n) is 2.74. The molecular weight excluding hydrogens is 229 g/mol. The second-order valence-electron chi connectivity index (χ2n) is 4.41. The van der Waals surface area contributed by atoms with E-state index in [-0.39, 0.29) is 17.8 Å². The van der Waals surface area contributed by atoms with E-state index in [9.17, 15) is 9.18 Å². The number of carbonyl (C=O) groups is 1. The van der Waals surface area contributed by atoms with E-state index in [1.54, 1.807) is 25.3 Å². The molecule has 92 valence electrons. The van der Waals surface area contributed by atoms with Gasteiger partial charge in [-0.3, -0.25) is 9.78 Å². The van der Waals surface area contributed by atoms with Crippen LogP contribution in [0.15, 0.2) is 36.5 Å². The molecule has 0 aliphatic heterocycles. The maximum absolute atomic E-state index is 13.6. The van der Waals surface area contributed by atoms with Gasteiger partial charge in [0.25, 0.3) is 0 Å². The van der Waals surface area contributed by atoms with Crippen LogP contribution in [-0.2, 0) is 6.42 Å². The molecule has 0 atom stereocenters. The predicted molar refractivity (Wildman–Crippen MR) is 68.1 cm³/mol. The summed E-state index contributed by atoms with van der Waals surface area (Å²) in [5, 5.41) is 0. The summed E-state index contributed by atoms with van der Waals surface area (Å²) in [4.78, 5) is 16.1. The van der Waals surface area contributed by atoms with Crippen LogP contribution in [0.5, 0.6) is 0 Å². The summed E-state index contributed by atoms with van der Waals surface area (Å²) >= 11 is 0. The van der Waals surface area contributed by atoms with Crippen LogP contribution in [0, 0.1) is 19.7 Å². The Kier molecular flexibility index (Phi) is 3.51. The van der Waals surface area contributed by atoms with Crippen molar-refractivity contribution in [3.63, 3.8) is 0 Å². The molecule has 2 rings (SSSR count). The van der Waals surface area contributed by atoms with Crippen LogP contribution in [0.3, 0.4) is 0 Å². The van der Waals surface area contributed by atoms with Gasteiger partial charge in [0.05, 0.1) is 12.0 Å². The van der Waals surface area contributed by atoms with Crippen LogP contribution >= 0.6 is 0 Å². The van der Waals surface area contributed by atoms with E-state index in [4.69, 9.17) is 0 Å². The van der Waals surface area contributed by atoms with E-state index in [1.165, 1.54) is 12.1 Å². The topological polar surface area (TPSA) is 30.0 Å². The Balaban J connectivity index is 2.19. The maximum atomic E-state index is 13.6. The minimum atomic E-state index is -0.466. The first-order valence-electron chi connectivity index (χ1n) is 5.77. The number of hydrogen-bond acceptors (Lipinski definition) is 2. The second-order valence-corrected chi connectivity index (χ2v) is 4.41. The van der Waals surface area contributed by atoms with Gasteiger partial charge in [-0.15, -0.1) is 0 Å². The summed E-state index contributed by atoms with van der Waals surface area (Å²) in [6.07, 6.45) is 1.83. The molecule has 0 fully saturated rings. The molecule has 2 nitrogen and oxygen atoms in total. The first-order valence-corrected chi connectivity index (χ1v) is 5.77. The molecule has 1 aromatic heterocycles.